The number of nitrogens with one attached hydrogen (secondary N) is 2. The van der Waals surface area contributed by atoms with Gasteiger partial charge in [-0.1, -0.05) is 18.7 Å². The van der Waals surface area contributed by atoms with E-state index in [1.165, 1.54) is 0 Å². The van der Waals surface area contributed by atoms with E-state index in [2.05, 4.69) is 33.1 Å². The number of anilines is 1. The molecule has 0 radical (unpaired) electrons. The Balaban J connectivity index is 1.98. The molecule has 0 aliphatic carbocycles. The summed E-state index contributed by atoms with van der Waals surface area (Å²) >= 11 is 8.54. The molecule has 2 N–H and O–H groups in total. The quantitative estimate of drug-likeness (QED) is 0.542. The Kier molecular flexibility index (Phi) is 6.97. The molecule has 25 heavy (non-hydrogen) atoms. The van der Waals surface area contributed by atoms with Gasteiger partial charge >= 0.3 is 0 Å². The molecule has 0 atom stereocenters. The summed E-state index contributed by atoms with van der Waals surface area (Å²) in [5.41, 5.74) is 1.17. The fourth-order valence-electron chi connectivity index (χ4n) is 1.96. The van der Waals surface area contributed by atoms with Crippen molar-refractivity contribution in [2.45, 2.75) is 0 Å². The minimum absolute atomic E-state index is 0.192. The molecule has 0 fully saturated rings. The molecule has 1 amide bonds. The van der Waals surface area contributed by atoms with E-state index in [1.54, 1.807) is 37.5 Å². The molecule has 130 valence electrons. The molecule has 0 aromatic heterocycles. The number of methoxy groups -OCH3 is 1. The third-order valence-electron chi connectivity index (χ3n) is 3.10. The van der Waals surface area contributed by atoms with Crippen molar-refractivity contribution in [1.82, 2.24) is 5.32 Å². The van der Waals surface area contributed by atoms with Crippen molar-refractivity contribution in [2.75, 3.05) is 19.0 Å². The Morgan fingerprint density at radius 2 is 2.12 bits per heavy atom. The Morgan fingerprint density at radius 1 is 1.32 bits per heavy atom. The maximum atomic E-state index is 12.3. The number of thiocarbonyl (C=S) groups is 1. The van der Waals surface area contributed by atoms with Gasteiger partial charge in [-0.15, -0.1) is 0 Å². The van der Waals surface area contributed by atoms with Gasteiger partial charge in [0, 0.05) is 17.3 Å². The predicted molar refractivity (Wildman–Crippen MR) is 107 cm³/mol. The largest absolute Gasteiger partial charge is 0.496 e. The van der Waals surface area contributed by atoms with Crippen LogP contribution in [0.25, 0.3) is 0 Å². The lowest BCUT2D eigenvalue weighted by molar-refractivity contribution is 0.0977. The van der Waals surface area contributed by atoms with Crippen LogP contribution in [0.5, 0.6) is 11.5 Å². The molecule has 0 heterocycles. The van der Waals surface area contributed by atoms with Crippen LogP contribution in [0.2, 0.25) is 0 Å². The summed E-state index contributed by atoms with van der Waals surface area (Å²) in [6.45, 7) is 4.02. The van der Waals surface area contributed by atoms with Gasteiger partial charge in [0.2, 0.25) is 0 Å². The highest BCUT2D eigenvalue weighted by Crippen LogP contribution is 2.25. The molecular weight excluding hydrogens is 404 g/mol. The predicted octanol–water partition coefficient (Wildman–Crippen LogP) is 4.15. The van der Waals surface area contributed by atoms with E-state index in [9.17, 15) is 4.79 Å². The highest BCUT2D eigenvalue weighted by Gasteiger charge is 2.11. The van der Waals surface area contributed by atoms with Crippen LogP contribution in [0, 0.1) is 0 Å². The first-order valence-electron chi connectivity index (χ1n) is 7.33. The number of amides is 1. The summed E-state index contributed by atoms with van der Waals surface area (Å²) in [5.74, 6) is 1.01. The first-order valence-corrected chi connectivity index (χ1v) is 8.53. The Bertz CT molecular complexity index is 796. The lowest BCUT2D eigenvalue weighted by Gasteiger charge is -2.11. The molecule has 0 bridgehead atoms. The van der Waals surface area contributed by atoms with Gasteiger partial charge in [-0.25, -0.2) is 0 Å². The smallest absolute Gasteiger partial charge is 0.257 e. The molecule has 2 aromatic rings. The monoisotopic (exact) mass is 420 g/mol. The molecule has 2 aromatic carbocycles. The standard InChI is InChI=1S/C18H17BrN2O3S/c1-3-9-24-14-6-4-5-13(11-14)20-18(25)21-17(22)12-7-8-16(23-2)15(19)10-12/h3-8,10-11H,1,9H2,2H3,(H2,20,21,22,25). The van der Waals surface area contributed by atoms with Gasteiger partial charge in [0.05, 0.1) is 11.6 Å². The normalized spacial score (nSPS) is 9.84. The zero-order valence-corrected chi connectivity index (χ0v) is 15.9. The van der Waals surface area contributed by atoms with Crippen LogP contribution in [-0.2, 0) is 0 Å². The SMILES string of the molecule is C=CCOc1cccc(NC(=S)NC(=O)c2ccc(OC)c(Br)c2)c1. The highest BCUT2D eigenvalue weighted by atomic mass is 79.9. The number of halogens is 1. The maximum Gasteiger partial charge on any atom is 0.257 e. The average molecular weight is 421 g/mol. The zero-order chi connectivity index (χ0) is 18.2. The van der Waals surface area contributed by atoms with Crippen molar-refractivity contribution in [1.29, 1.82) is 0 Å². The summed E-state index contributed by atoms with van der Waals surface area (Å²) in [6, 6.07) is 12.3. The minimum atomic E-state index is -0.320. The fourth-order valence-corrected chi connectivity index (χ4v) is 2.72. The van der Waals surface area contributed by atoms with E-state index in [4.69, 9.17) is 21.7 Å². The van der Waals surface area contributed by atoms with Crippen molar-refractivity contribution < 1.29 is 14.3 Å². The molecule has 0 aliphatic rings. The van der Waals surface area contributed by atoms with E-state index in [0.717, 1.165) is 0 Å². The van der Waals surface area contributed by atoms with Gasteiger partial charge in [-0.05, 0) is 58.5 Å². The summed E-state index contributed by atoms with van der Waals surface area (Å²) in [5, 5.41) is 5.78. The van der Waals surface area contributed by atoms with Crippen LogP contribution in [0.1, 0.15) is 10.4 Å². The van der Waals surface area contributed by atoms with Crippen molar-refractivity contribution in [2.24, 2.45) is 0 Å². The molecule has 0 spiro atoms. The number of benzene rings is 2. The molecule has 0 aliphatic heterocycles. The third kappa shape index (κ3) is 5.58. The van der Waals surface area contributed by atoms with Gasteiger partial charge in [0.25, 0.3) is 5.91 Å². The molecule has 2 rings (SSSR count). The Hall–Kier alpha value is -2.38. The van der Waals surface area contributed by atoms with Crippen molar-refractivity contribution in [3.63, 3.8) is 0 Å². The second kappa shape index (κ2) is 9.19. The number of rotatable bonds is 6. The molecule has 0 unspecified atom stereocenters. The molecule has 7 heteroatoms. The number of carbonyl (C=O) groups is 1. The summed E-state index contributed by atoms with van der Waals surface area (Å²) in [4.78, 5) is 12.3. The Labute approximate surface area is 160 Å². The lowest BCUT2D eigenvalue weighted by Crippen LogP contribution is -2.34. The van der Waals surface area contributed by atoms with E-state index in [0.29, 0.717) is 33.8 Å². The van der Waals surface area contributed by atoms with E-state index < -0.39 is 0 Å². The number of hydrogen-bond donors (Lipinski definition) is 2. The zero-order valence-electron chi connectivity index (χ0n) is 13.5. The van der Waals surface area contributed by atoms with E-state index in [-0.39, 0.29) is 11.0 Å². The molecule has 0 saturated carbocycles. The molecule has 5 nitrogen and oxygen atoms in total. The average Bonchev–Trinajstić information content (AvgIpc) is 2.60. The highest BCUT2D eigenvalue weighted by molar-refractivity contribution is 9.10. The van der Waals surface area contributed by atoms with Gasteiger partial charge in [-0.3, -0.25) is 10.1 Å². The second-order valence-electron chi connectivity index (χ2n) is 4.89. The van der Waals surface area contributed by atoms with Crippen LogP contribution in [0.15, 0.2) is 59.6 Å². The van der Waals surface area contributed by atoms with Crippen molar-refractivity contribution in [3.8, 4) is 11.5 Å². The van der Waals surface area contributed by atoms with E-state index >= 15 is 0 Å². The number of ether oxygens (including phenoxy) is 2. The summed E-state index contributed by atoms with van der Waals surface area (Å²) < 4.78 is 11.3. The van der Waals surface area contributed by atoms with Crippen molar-refractivity contribution >= 4 is 44.9 Å². The molecular formula is C18H17BrN2O3S. The topological polar surface area (TPSA) is 59.6 Å². The van der Waals surface area contributed by atoms with Gasteiger partial charge in [-0.2, -0.15) is 0 Å². The summed E-state index contributed by atoms with van der Waals surface area (Å²) in [7, 11) is 1.56. The van der Waals surface area contributed by atoms with Crippen LogP contribution in [0.3, 0.4) is 0 Å². The first-order chi connectivity index (χ1) is 12.0. The fraction of sp³-hybridized carbons (Fsp3) is 0.111. The Morgan fingerprint density at radius 3 is 2.80 bits per heavy atom. The van der Waals surface area contributed by atoms with E-state index in [1.807, 2.05) is 18.2 Å². The third-order valence-corrected chi connectivity index (χ3v) is 3.92. The van der Waals surface area contributed by atoms with Crippen LogP contribution >= 0.6 is 28.1 Å². The van der Waals surface area contributed by atoms with Gasteiger partial charge in [0.1, 0.15) is 18.1 Å². The van der Waals surface area contributed by atoms with Crippen molar-refractivity contribution in [3.05, 3.63) is 65.2 Å². The number of hydrogen-bond acceptors (Lipinski definition) is 4. The van der Waals surface area contributed by atoms with Crippen LogP contribution < -0.4 is 20.1 Å². The second-order valence-corrected chi connectivity index (χ2v) is 6.15. The first kappa shape index (κ1) is 19.0. The minimum Gasteiger partial charge on any atom is -0.496 e. The number of carbonyl (C=O) groups excluding carboxylic acids is 1. The molecule has 0 saturated heterocycles. The summed E-state index contributed by atoms with van der Waals surface area (Å²) in [6.07, 6.45) is 1.66. The maximum absolute atomic E-state index is 12.3. The van der Waals surface area contributed by atoms with Crippen LogP contribution in [-0.4, -0.2) is 24.7 Å². The van der Waals surface area contributed by atoms with Gasteiger partial charge in [0.15, 0.2) is 5.11 Å². The van der Waals surface area contributed by atoms with Crippen LogP contribution in [0.4, 0.5) is 5.69 Å². The lowest BCUT2D eigenvalue weighted by atomic mass is 10.2. The van der Waals surface area contributed by atoms with Gasteiger partial charge < -0.3 is 14.8 Å².